The Labute approximate surface area is 121 Å². The van der Waals surface area contributed by atoms with Crippen LogP contribution in [-0.4, -0.2) is 5.11 Å². The largest absolute Gasteiger partial charge is 0.486 e. The topological polar surface area (TPSA) is 53.2 Å². The Kier molecular flexibility index (Phi) is 4.51. The Hall–Kier alpha value is -2.45. The lowest BCUT2D eigenvalue weighted by molar-refractivity contribution is 0.198. The molecule has 0 aliphatic heterocycles. The first kappa shape index (κ1) is 14.9. The summed E-state index contributed by atoms with van der Waals surface area (Å²) in [5, 5.41) is 18.1. The number of rotatable bonds is 4. The second-order valence-electron chi connectivity index (χ2n) is 4.57. The van der Waals surface area contributed by atoms with Crippen molar-refractivity contribution in [1.82, 2.24) is 0 Å². The highest BCUT2D eigenvalue weighted by Crippen LogP contribution is 2.23. The standard InChI is InChI=1S/C16H13F2NO2/c1-10(20)12-3-5-16(15(18)7-12)21-9-13-6-11(8-19)2-4-14(13)17/h2-7,10,20H,9H2,1H3. The number of aliphatic hydroxyl groups is 1. The van der Waals surface area contributed by atoms with Crippen molar-refractivity contribution in [2.45, 2.75) is 19.6 Å². The highest BCUT2D eigenvalue weighted by molar-refractivity contribution is 5.34. The second-order valence-corrected chi connectivity index (χ2v) is 4.57. The van der Waals surface area contributed by atoms with Crippen LogP contribution in [0.5, 0.6) is 5.75 Å². The number of nitriles is 1. The number of nitrogens with zero attached hydrogens (tertiary/aromatic N) is 1. The fourth-order valence-corrected chi connectivity index (χ4v) is 1.80. The minimum atomic E-state index is -0.779. The van der Waals surface area contributed by atoms with Crippen LogP contribution in [0.25, 0.3) is 0 Å². The van der Waals surface area contributed by atoms with Gasteiger partial charge in [-0.3, -0.25) is 0 Å². The molecule has 1 atom stereocenters. The Morgan fingerprint density at radius 2 is 1.95 bits per heavy atom. The number of hydrogen-bond acceptors (Lipinski definition) is 3. The molecular formula is C16H13F2NO2. The maximum Gasteiger partial charge on any atom is 0.165 e. The molecule has 2 aromatic carbocycles. The van der Waals surface area contributed by atoms with Gasteiger partial charge in [-0.2, -0.15) is 5.26 Å². The number of hydrogen-bond donors (Lipinski definition) is 1. The van der Waals surface area contributed by atoms with Crippen LogP contribution in [0.2, 0.25) is 0 Å². The van der Waals surface area contributed by atoms with E-state index in [0.717, 1.165) is 0 Å². The minimum Gasteiger partial charge on any atom is -0.486 e. The molecule has 0 fully saturated rings. The average Bonchev–Trinajstić information content (AvgIpc) is 2.47. The van der Waals surface area contributed by atoms with Gasteiger partial charge in [-0.05, 0) is 42.8 Å². The lowest BCUT2D eigenvalue weighted by Crippen LogP contribution is -2.01. The van der Waals surface area contributed by atoms with E-state index in [-0.39, 0.29) is 17.9 Å². The lowest BCUT2D eigenvalue weighted by atomic mass is 10.1. The molecule has 2 rings (SSSR count). The van der Waals surface area contributed by atoms with Crippen molar-refractivity contribution in [2.24, 2.45) is 0 Å². The normalized spacial score (nSPS) is 11.8. The molecule has 0 aromatic heterocycles. The van der Waals surface area contributed by atoms with Gasteiger partial charge in [-0.15, -0.1) is 0 Å². The Morgan fingerprint density at radius 3 is 2.57 bits per heavy atom. The van der Waals surface area contributed by atoms with Crippen LogP contribution in [0.1, 0.15) is 29.7 Å². The third kappa shape index (κ3) is 3.56. The van der Waals surface area contributed by atoms with Gasteiger partial charge in [0.2, 0.25) is 0 Å². The van der Waals surface area contributed by atoms with Crippen molar-refractivity contribution in [2.75, 3.05) is 0 Å². The Morgan fingerprint density at radius 1 is 1.19 bits per heavy atom. The van der Waals surface area contributed by atoms with Crippen LogP contribution in [0.4, 0.5) is 8.78 Å². The number of halogens is 2. The molecule has 2 aromatic rings. The molecule has 0 bridgehead atoms. The molecule has 0 aliphatic carbocycles. The lowest BCUT2D eigenvalue weighted by Gasteiger charge is -2.10. The Bertz CT molecular complexity index is 693. The molecule has 5 heteroatoms. The van der Waals surface area contributed by atoms with Gasteiger partial charge in [0.1, 0.15) is 12.4 Å². The molecule has 21 heavy (non-hydrogen) atoms. The third-order valence-electron chi connectivity index (χ3n) is 3.00. The van der Waals surface area contributed by atoms with Crippen molar-refractivity contribution < 1.29 is 18.6 Å². The van der Waals surface area contributed by atoms with E-state index in [9.17, 15) is 13.9 Å². The van der Waals surface area contributed by atoms with Crippen molar-refractivity contribution in [3.63, 3.8) is 0 Å². The van der Waals surface area contributed by atoms with Crippen LogP contribution >= 0.6 is 0 Å². The molecule has 0 saturated heterocycles. The Balaban J connectivity index is 2.15. The van der Waals surface area contributed by atoms with Crippen molar-refractivity contribution in [1.29, 1.82) is 5.26 Å². The smallest absolute Gasteiger partial charge is 0.165 e. The zero-order valence-corrected chi connectivity index (χ0v) is 11.3. The summed E-state index contributed by atoms with van der Waals surface area (Å²) in [7, 11) is 0. The molecule has 0 saturated carbocycles. The van der Waals surface area contributed by atoms with Crippen molar-refractivity contribution >= 4 is 0 Å². The first-order valence-electron chi connectivity index (χ1n) is 6.30. The minimum absolute atomic E-state index is 0.0406. The maximum absolute atomic E-state index is 13.8. The van der Waals surface area contributed by atoms with E-state index in [4.69, 9.17) is 10.00 Å². The van der Waals surface area contributed by atoms with Gasteiger partial charge in [0.15, 0.2) is 11.6 Å². The molecule has 0 spiro atoms. The van der Waals surface area contributed by atoms with Gasteiger partial charge >= 0.3 is 0 Å². The van der Waals surface area contributed by atoms with Gasteiger partial charge in [-0.1, -0.05) is 6.07 Å². The predicted octanol–water partition coefficient (Wildman–Crippen LogP) is 3.47. The summed E-state index contributed by atoms with van der Waals surface area (Å²) >= 11 is 0. The van der Waals surface area contributed by atoms with E-state index in [1.807, 2.05) is 6.07 Å². The van der Waals surface area contributed by atoms with Crippen LogP contribution < -0.4 is 4.74 Å². The summed E-state index contributed by atoms with van der Waals surface area (Å²) in [4.78, 5) is 0. The predicted molar refractivity (Wildman–Crippen MR) is 72.5 cm³/mol. The highest BCUT2D eigenvalue weighted by atomic mass is 19.1. The van der Waals surface area contributed by atoms with Crippen LogP contribution in [0, 0.1) is 23.0 Å². The zero-order valence-electron chi connectivity index (χ0n) is 11.3. The maximum atomic E-state index is 13.8. The molecule has 3 nitrogen and oxygen atoms in total. The molecular weight excluding hydrogens is 276 g/mol. The van der Waals surface area contributed by atoms with Gasteiger partial charge in [0, 0.05) is 5.56 Å². The summed E-state index contributed by atoms with van der Waals surface area (Å²) in [5.41, 5.74) is 0.908. The number of aliphatic hydroxyl groups excluding tert-OH is 1. The summed E-state index contributed by atoms with van der Waals surface area (Å²) < 4.78 is 32.6. The fraction of sp³-hybridized carbons (Fsp3) is 0.188. The van der Waals surface area contributed by atoms with Gasteiger partial charge in [-0.25, -0.2) is 8.78 Å². The van der Waals surface area contributed by atoms with E-state index in [0.29, 0.717) is 11.1 Å². The van der Waals surface area contributed by atoms with Crippen molar-refractivity contribution in [3.8, 4) is 11.8 Å². The fourth-order valence-electron chi connectivity index (χ4n) is 1.80. The second kappa shape index (κ2) is 6.33. The molecule has 0 amide bonds. The molecule has 0 aliphatic rings. The first-order chi connectivity index (χ1) is 10.0. The van der Waals surface area contributed by atoms with E-state index >= 15 is 0 Å². The van der Waals surface area contributed by atoms with Crippen molar-refractivity contribution in [3.05, 3.63) is 64.7 Å². The summed E-state index contributed by atoms with van der Waals surface area (Å²) in [6.07, 6.45) is -0.779. The molecule has 0 radical (unpaired) electrons. The molecule has 0 heterocycles. The van der Waals surface area contributed by atoms with E-state index in [1.54, 1.807) is 0 Å². The monoisotopic (exact) mass is 289 g/mol. The van der Waals surface area contributed by atoms with Crippen LogP contribution in [0.15, 0.2) is 36.4 Å². The van der Waals surface area contributed by atoms with E-state index < -0.39 is 17.7 Å². The van der Waals surface area contributed by atoms with Gasteiger partial charge in [0.05, 0.1) is 17.7 Å². The SMILES string of the molecule is CC(O)c1ccc(OCc2cc(C#N)ccc2F)c(F)c1. The summed E-state index contributed by atoms with van der Waals surface area (Å²) in [5.74, 6) is -1.19. The van der Waals surface area contributed by atoms with E-state index in [1.165, 1.54) is 43.3 Å². The molecule has 1 unspecified atom stereocenters. The summed E-state index contributed by atoms with van der Waals surface area (Å²) in [6, 6.07) is 9.87. The highest BCUT2D eigenvalue weighted by Gasteiger charge is 2.10. The first-order valence-corrected chi connectivity index (χ1v) is 6.30. The quantitative estimate of drug-likeness (QED) is 0.937. The number of benzene rings is 2. The zero-order chi connectivity index (χ0) is 15.4. The van der Waals surface area contributed by atoms with Crippen LogP contribution in [0.3, 0.4) is 0 Å². The van der Waals surface area contributed by atoms with Gasteiger partial charge < -0.3 is 9.84 Å². The van der Waals surface area contributed by atoms with Gasteiger partial charge in [0.25, 0.3) is 0 Å². The molecule has 108 valence electrons. The third-order valence-corrected chi connectivity index (χ3v) is 3.00. The van der Waals surface area contributed by atoms with Crippen LogP contribution in [-0.2, 0) is 6.61 Å². The summed E-state index contributed by atoms with van der Waals surface area (Å²) in [6.45, 7) is 1.34. The number of ether oxygens (including phenoxy) is 1. The average molecular weight is 289 g/mol. The van der Waals surface area contributed by atoms with E-state index in [2.05, 4.69) is 0 Å². The molecule has 1 N–H and O–H groups in total.